The molecule has 7 nitrogen and oxygen atoms in total. The summed E-state index contributed by atoms with van der Waals surface area (Å²) in [6.45, 7) is 4.25. The zero-order chi connectivity index (χ0) is 15.6. The predicted molar refractivity (Wildman–Crippen MR) is 77.0 cm³/mol. The number of ether oxygens (including phenoxy) is 5. The zero-order valence-corrected chi connectivity index (χ0v) is 12.6. The van der Waals surface area contributed by atoms with Gasteiger partial charge in [-0.1, -0.05) is 5.92 Å². The molecule has 0 rings (SSSR count). The maximum absolute atomic E-state index is 11.0. The predicted octanol–water partition coefficient (Wildman–Crippen LogP) is -0.551. The lowest BCUT2D eigenvalue weighted by Gasteiger charge is -2.07. The van der Waals surface area contributed by atoms with Gasteiger partial charge in [0.15, 0.2) is 0 Å². The Morgan fingerprint density at radius 2 is 1.48 bits per heavy atom. The molecule has 0 fully saturated rings. The summed E-state index contributed by atoms with van der Waals surface area (Å²) in [6, 6.07) is 0. The number of terminal acetylenes is 1. The number of carbonyl (C=O) groups is 1. The van der Waals surface area contributed by atoms with E-state index >= 15 is 0 Å². The Bertz CT molecular complexity index is 279. The van der Waals surface area contributed by atoms with Crippen LogP contribution in [0, 0.1) is 12.3 Å². The van der Waals surface area contributed by atoms with E-state index in [1.54, 1.807) is 0 Å². The minimum Gasteiger partial charge on any atom is -0.377 e. The van der Waals surface area contributed by atoms with Gasteiger partial charge in [-0.3, -0.25) is 4.79 Å². The van der Waals surface area contributed by atoms with E-state index < -0.39 is 0 Å². The first kappa shape index (κ1) is 19.8. The highest BCUT2D eigenvalue weighted by molar-refractivity contribution is 5.77. The molecule has 1 amide bonds. The fourth-order valence-corrected chi connectivity index (χ4v) is 1.24. The Hall–Kier alpha value is -1.17. The number of nitrogens with one attached hydrogen (secondary N) is 1. The van der Waals surface area contributed by atoms with E-state index in [0.717, 1.165) is 0 Å². The van der Waals surface area contributed by atoms with Crippen molar-refractivity contribution in [3.63, 3.8) is 0 Å². The van der Waals surface area contributed by atoms with E-state index in [4.69, 9.17) is 25.4 Å². The highest BCUT2D eigenvalue weighted by Gasteiger charge is 1.98. The molecule has 0 atom stereocenters. The third-order valence-corrected chi connectivity index (χ3v) is 2.15. The summed E-state index contributed by atoms with van der Waals surface area (Å²) in [7, 11) is 1.47. The van der Waals surface area contributed by atoms with Gasteiger partial charge in [0.2, 0.25) is 5.91 Å². The maximum Gasteiger partial charge on any atom is 0.246 e. The summed E-state index contributed by atoms with van der Waals surface area (Å²) in [5.41, 5.74) is 0. The SMILES string of the molecule is C#CCOCCOCCOCCOCCNC(=O)COC. The van der Waals surface area contributed by atoms with Crippen LogP contribution in [-0.2, 0) is 28.5 Å². The lowest BCUT2D eigenvalue weighted by Crippen LogP contribution is -2.30. The summed E-state index contributed by atoms with van der Waals surface area (Å²) in [6.07, 6.45) is 5.02. The molecule has 0 aromatic carbocycles. The van der Waals surface area contributed by atoms with Crippen LogP contribution in [0.3, 0.4) is 0 Å². The molecule has 0 aliphatic rings. The molecule has 0 radical (unpaired) electrons. The van der Waals surface area contributed by atoms with Crippen LogP contribution in [0.15, 0.2) is 0 Å². The van der Waals surface area contributed by atoms with Crippen LogP contribution in [0.4, 0.5) is 0 Å². The van der Waals surface area contributed by atoms with Gasteiger partial charge in [0.1, 0.15) is 13.2 Å². The highest BCUT2D eigenvalue weighted by Crippen LogP contribution is 1.82. The van der Waals surface area contributed by atoms with Gasteiger partial charge in [0.25, 0.3) is 0 Å². The van der Waals surface area contributed by atoms with E-state index in [9.17, 15) is 4.79 Å². The van der Waals surface area contributed by atoms with Gasteiger partial charge in [0, 0.05) is 13.7 Å². The minimum absolute atomic E-state index is 0.0664. The first-order chi connectivity index (χ1) is 10.3. The fraction of sp³-hybridized carbons (Fsp3) is 0.786. The molecule has 0 spiro atoms. The van der Waals surface area contributed by atoms with Crippen LogP contribution in [0.2, 0.25) is 0 Å². The molecule has 0 aromatic rings. The van der Waals surface area contributed by atoms with Crippen molar-refractivity contribution in [3.05, 3.63) is 0 Å². The van der Waals surface area contributed by atoms with Crippen molar-refractivity contribution in [1.29, 1.82) is 0 Å². The second kappa shape index (κ2) is 16.9. The van der Waals surface area contributed by atoms with Gasteiger partial charge < -0.3 is 29.0 Å². The van der Waals surface area contributed by atoms with E-state index in [-0.39, 0.29) is 12.5 Å². The lowest BCUT2D eigenvalue weighted by atomic mass is 10.6. The molecular weight excluding hydrogens is 278 g/mol. The summed E-state index contributed by atoms with van der Waals surface area (Å²) in [5.74, 6) is 2.22. The van der Waals surface area contributed by atoms with Crippen molar-refractivity contribution in [3.8, 4) is 12.3 Å². The van der Waals surface area contributed by atoms with Crippen LogP contribution in [0.1, 0.15) is 0 Å². The van der Waals surface area contributed by atoms with E-state index in [2.05, 4.69) is 16.0 Å². The molecular formula is C14H25NO6. The molecule has 122 valence electrons. The standard InChI is InChI=1S/C14H25NO6/c1-3-5-18-7-9-20-11-12-21-10-8-19-6-4-15-14(16)13-17-2/h1H,4-13H2,2H3,(H,15,16). The molecule has 21 heavy (non-hydrogen) atoms. The van der Waals surface area contributed by atoms with Gasteiger partial charge in [-0.05, 0) is 0 Å². The second-order valence-corrected chi connectivity index (χ2v) is 3.88. The number of amides is 1. The number of methoxy groups -OCH3 is 1. The minimum atomic E-state index is -0.152. The molecule has 0 heterocycles. The highest BCUT2D eigenvalue weighted by atomic mass is 16.6. The molecule has 0 aromatic heterocycles. The average molecular weight is 303 g/mol. The van der Waals surface area contributed by atoms with Gasteiger partial charge >= 0.3 is 0 Å². The van der Waals surface area contributed by atoms with Crippen molar-refractivity contribution < 1.29 is 28.5 Å². The zero-order valence-electron chi connectivity index (χ0n) is 12.6. The first-order valence-corrected chi connectivity index (χ1v) is 6.81. The Morgan fingerprint density at radius 1 is 0.952 bits per heavy atom. The molecule has 0 bridgehead atoms. The van der Waals surface area contributed by atoms with Crippen LogP contribution in [-0.4, -0.2) is 79.0 Å². The third-order valence-electron chi connectivity index (χ3n) is 2.15. The van der Waals surface area contributed by atoms with Gasteiger partial charge in [-0.15, -0.1) is 6.42 Å². The van der Waals surface area contributed by atoms with Crippen LogP contribution >= 0.6 is 0 Å². The van der Waals surface area contributed by atoms with Crippen molar-refractivity contribution >= 4 is 5.91 Å². The van der Waals surface area contributed by atoms with Crippen molar-refractivity contribution in [1.82, 2.24) is 5.32 Å². The summed E-state index contributed by atoms with van der Waals surface area (Å²) < 4.78 is 25.5. The molecule has 0 unspecified atom stereocenters. The molecule has 0 saturated carbocycles. The normalized spacial score (nSPS) is 10.3. The summed E-state index contributed by atoms with van der Waals surface area (Å²) in [4.78, 5) is 11.0. The number of carbonyl (C=O) groups excluding carboxylic acids is 1. The van der Waals surface area contributed by atoms with Crippen molar-refractivity contribution in [2.24, 2.45) is 0 Å². The topological polar surface area (TPSA) is 75.3 Å². The van der Waals surface area contributed by atoms with E-state index in [0.29, 0.717) is 59.4 Å². The van der Waals surface area contributed by atoms with E-state index in [1.807, 2.05) is 0 Å². The lowest BCUT2D eigenvalue weighted by molar-refractivity contribution is -0.125. The van der Waals surface area contributed by atoms with Crippen LogP contribution in [0.25, 0.3) is 0 Å². The van der Waals surface area contributed by atoms with Gasteiger partial charge in [-0.25, -0.2) is 0 Å². The van der Waals surface area contributed by atoms with Crippen molar-refractivity contribution in [2.75, 3.05) is 73.1 Å². The smallest absolute Gasteiger partial charge is 0.246 e. The Kier molecular flexibility index (Phi) is 15.9. The Labute approximate surface area is 126 Å². The molecule has 1 N–H and O–H groups in total. The fourth-order valence-electron chi connectivity index (χ4n) is 1.24. The number of hydrogen-bond acceptors (Lipinski definition) is 6. The monoisotopic (exact) mass is 303 g/mol. The largest absolute Gasteiger partial charge is 0.377 e. The molecule has 0 aliphatic carbocycles. The van der Waals surface area contributed by atoms with Crippen molar-refractivity contribution in [2.45, 2.75) is 0 Å². The quantitative estimate of drug-likeness (QED) is 0.323. The second-order valence-electron chi connectivity index (χ2n) is 3.88. The first-order valence-electron chi connectivity index (χ1n) is 6.81. The van der Waals surface area contributed by atoms with E-state index in [1.165, 1.54) is 7.11 Å². The number of hydrogen-bond donors (Lipinski definition) is 1. The summed E-state index contributed by atoms with van der Waals surface area (Å²) >= 11 is 0. The number of rotatable bonds is 15. The maximum atomic E-state index is 11.0. The van der Waals surface area contributed by atoms with Gasteiger partial charge in [-0.2, -0.15) is 0 Å². The third kappa shape index (κ3) is 16.8. The molecule has 0 saturated heterocycles. The molecule has 7 heteroatoms. The Balaban J connectivity index is 3.03. The Morgan fingerprint density at radius 3 is 2.00 bits per heavy atom. The average Bonchev–Trinajstić information content (AvgIpc) is 2.48. The van der Waals surface area contributed by atoms with Gasteiger partial charge in [0.05, 0.1) is 46.2 Å². The molecule has 0 aliphatic heterocycles. The summed E-state index contributed by atoms with van der Waals surface area (Å²) in [5, 5.41) is 2.65. The van der Waals surface area contributed by atoms with Crippen LogP contribution in [0.5, 0.6) is 0 Å². The van der Waals surface area contributed by atoms with Crippen LogP contribution < -0.4 is 5.32 Å².